The van der Waals surface area contributed by atoms with E-state index in [9.17, 15) is 4.79 Å². The number of hydrogen-bond acceptors (Lipinski definition) is 2. The van der Waals surface area contributed by atoms with E-state index in [1.165, 1.54) is 35.2 Å². The average molecular weight is 355 g/mol. The number of fused-ring (bicyclic) bond motifs is 4. The van der Waals surface area contributed by atoms with Crippen LogP contribution in [0.3, 0.4) is 0 Å². The highest BCUT2D eigenvalue weighted by atomic mass is 16.2. The van der Waals surface area contributed by atoms with E-state index in [0.717, 1.165) is 24.2 Å². The average Bonchev–Trinajstić information content (AvgIpc) is 3.63. The monoisotopic (exact) mass is 355 g/mol. The number of carbonyl (C=O) groups excluding carboxylic acids is 1. The fourth-order valence-corrected chi connectivity index (χ4v) is 4.67. The molecule has 0 N–H and O–H groups in total. The molecule has 0 radical (unpaired) electrons. The number of pyridine rings is 1. The lowest BCUT2D eigenvalue weighted by molar-refractivity contribution is 0.0705. The molecule has 0 atom stereocenters. The van der Waals surface area contributed by atoms with Crippen LogP contribution in [-0.2, 0) is 5.54 Å². The Morgan fingerprint density at radius 3 is 2.74 bits per heavy atom. The Bertz CT molecular complexity index is 1090. The molecule has 4 heteroatoms. The predicted octanol–water partition coefficient (Wildman–Crippen LogP) is 4.49. The summed E-state index contributed by atoms with van der Waals surface area (Å²) in [5, 5.41) is 0. The highest BCUT2D eigenvalue weighted by molar-refractivity contribution is 5.95. The number of aromatic nitrogens is 2. The van der Waals surface area contributed by atoms with Crippen molar-refractivity contribution in [2.75, 3.05) is 7.05 Å². The summed E-state index contributed by atoms with van der Waals surface area (Å²) in [5.74, 6) is 0.708. The van der Waals surface area contributed by atoms with Crippen LogP contribution >= 0.6 is 0 Å². The van der Waals surface area contributed by atoms with Crippen molar-refractivity contribution in [1.82, 2.24) is 14.5 Å². The molecule has 134 valence electrons. The highest BCUT2D eigenvalue weighted by Gasteiger charge is 2.53. The second-order valence-electron chi connectivity index (χ2n) is 8.10. The molecule has 0 unspecified atom stereocenters. The van der Waals surface area contributed by atoms with Crippen molar-refractivity contribution < 1.29 is 4.79 Å². The van der Waals surface area contributed by atoms with Gasteiger partial charge in [0.05, 0.1) is 16.9 Å². The molecule has 2 fully saturated rings. The first-order valence-electron chi connectivity index (χ1n) is 9.75. The predicted molar refractivity (Wildman–Crippen MR) is 104 cm³/mol. The zero-order valence-electron chi connectivity index (χ0n) is 15.4. The van der Waals surface area contributed by atoms with Crippen molar-refractivity contribution in [3.8, 4) is 16.8 Å². The van der Waals surface area contributed by atoms with Crippen LogP contribution in [0.25, 0.3) is 16.8 Å². The van der Waals surface area contributed by atoms with Gasteiger partial charge >= 0.3 is 0 Å². The van der Waals surface area contributed by atoms with Gasteiger partial charge in [-0.15, -0.1) is 0 Å². The maximum Gasteiger partial charge on any atom is 0.271 e. The molecule has 1 aromatic carbocycles. The van der Waals surface area contributed by atoms with Crippen molar-refractivity contribution in [2.24, 2.45) is 0 Å². The lowest BCUT2D eigenvalue weighted by atomic mass is 9.95. The van der Waals surface area contributed by atoms with Crippen LogP contribution in [0.4, 0.5) is 0 Å². The molecule has 3 heterocycles. The van der Waals surface area contributed by atoms with E-state index in [2.05, 4.69) is 33.8 Å². The smallest absolute Gasteiger partial charge is 0.271 e. The van der Waals surface area contributed by atoms with Crippen molar-refractivity contribution >= 4 is 5.91 Å². The van der Waals surface area contributed by atoms with Gasteiger partial charge in [0.25, 0.3) is 5.91 Å². The van der Waals surface area contributed by atoms with Gasteiger partial charge < -0.3 is 9.47 Å². The van der Waals surface area contributed by atoms with Crippen LogP contribution in [0.15, 0.2) is 54.9 Å². The summed E-state index contributed by atoms with van der Waals surface area (Å²) in [6, 6.07) is 14.8. The Hall–Kier alpha value is -2.88. The Balaban J connectivity index is 1.59. The molecule has 6 rings (SSSR count). The minimum Gasteiger partial charge on any atom is -0.331 e. The summed E-state index contributed by atoms with van der Waals surface area (Å²) in [7, 11) is 1.95. The van der Waals surface area contributed by atoms with E-state index in [1.54, 1.807) is 0 Å². The van der Waals surface area contributed by atoms with Gasteiger partial charge in [0.15, 0.2) is 0 Å². The van der Waals surface area contributed by atoms with E-state index in [1.807, 2.05) is 42.5 Å². The SMILES string of the molecule is CN1C(=O)c2cccn2-c2cc(-c3cccnc3C3CC3)ccc2C12CC2. The summed E-state index contributed by atoms with van der Waals surface area (Å²) < 4.78 is 2.07. The van der Waals surface area contributed by atoms with Gasteiger partial charge in [0.2, 0.25) is 0 Å². The summed E-state index contributed by atoms with van der Waals surface area (Å²) in [4.78, 5) is 19.6. The van der Waals surface area contributed by atoms with Crippen LogP contribution in [0, 0.1) is 0 Å². The van der Waals surface area contributed by atoms with E-state index >= 15 is 0 Å². The number of nitrogens with zero attached hydrogens (tertiary/aromatic N) is 3. The number of hydrogen-bond donors (Lipinski definition) is 0. The third-order valence-corrected chi connectivity index (χ3v) is 6.51. The molecule has 2 saturated carbocycles. The molecule has 1 aliphatic heterocycles. The molecule has 0 saturated heterocycles. The molecule has 1 amide bonds. The molecule has 4 nitrogen and oxygen atoms in total. The minimum absolute atomic E-state index is 0.107. The van der Waals surface area contributed by atoms with Crippen molar-refractivity contribution in [1.29, 1.82) is 0 Å². The fourth-order valence-electron chi connectivity index (χ4n) is 4.67. The minimum atomic E-state index is -0.141. The number of carbonyl (C=O) groups is 1. The Labute approximate surface area is 158 Å². The lowest BCUT2D eigenvalue weighted by Gasteiger charge is -2.27. The quantitative estimate of drug-likeness (QED) is 0.679. The molecule has 27 heavy (non-hydrogen) atoms. The van der Waals surface area contributed by atoms with Gasteiger partial charge in [-0.05, 0) is 55.5 Å². The van der Waals surface area contributed by atoms with Gasteiger partial charge in [-0.2, -0.15) is 0 Å². The van der Waals surface area contributed by atoms with Gasteiger partial charge in [-0.3, -0.25) is 9.78 Å². The van der Waals surface area contributed by atoms with Gasteiger partial charge in [-0.1, -0.05) is 18.2 Å². The van der Waals surface area contributed by atoms with E-state index < -0.39 is 0 Å². The van der Waals surface area contributed by atoms with Crippen LogP contribution in [0.5, 0.6) is 0 Å². The summed E-state index contributed by atoms with van der Waals surface area (Å²) in [6.07, 6.45) is 8.45. The Morgan fingerprint density at radius 1 is 1.11 bits per heavy atom. The highest BCUT2D eigenvalue weighted by Crippen LogP contribution is 2.54. The molecule has 0 bridgehead atoms. The van der Waals surface area contributed by atoms with Crippen molar-refractivity contribution in [3.63, 3.8) is 0 Å². The van der Waals surface area contributed by atoms with Crippen molar-refractivity contribution in [3.05, 3.63) is 71.8 Å². The lowest BCUT2D eigenvalue weighted by Crippen LogP contribution is -2.36. The van der Waals surface area contributed by atoms with E-state index in [-0.39, 0.29) is 11.4 Å². The third kappa shape index (κ3) is 2.04. The van der Waals surface area contributed by atoms with E-state index in [4.69, 9.17) is 0 Å². The molecular weight excluding hydrogens is 334 g/mol. The zero-order chi connectivity index (χ0) is 18.2. The van der Waals surface area contributed by atoms with E-state index in [0.29, 0.717) is 5.92 Å². The maximum absolute atomic E-state index is 13.0. The van der Waals surface area contributed by atoms with Gasteiger partial charge in [-0.25, -0.2) is 0 Å². The van der Waals surface area contributed by atoms with Crippen LogP contribution < -0.4 is 0 Å². The summed E-state index contributed by atoms with van der Waals surface area (Å²) >= 11 is 0. The topological polar surface area (TPSA) is 38.1 Å². The Morgan fingerprint density at radius 2 is 1.96 bits per heavy atom. The zero-order valence-corrected chi connectivity index (χ0v) is 15.4. The molecule has 2 aromatic heterocycles. The second-order valence-corrected chi connectivity index (χ2v) is 8.10. The molecular formula is C23H21N3O. The number of amides is 1. The first kappa shape index (κ1) is 15.2. The normalized spacial score (nSPS) is 19.6. The standard InChI is InChI=1S/C23H21N3O/c1-25-22(27)19-5-3-13-26(19)20-14-16(8-9-18(20)23(25)10-11-23)17-4-2-12-24-21(17)15-6-7-15/h2-5,8-9,12-15H,6-7,10-11H2,1H3. The van der Waals surface area contributed by atoms with Gasteiger partial charge in [0.1, 0.15) is 5.69 Å². The Kier molecular flexibility index (Phi) is 2.87. The molecule has 2 aliphatic carbocycles. The van der Waals surface area contributed by atoms with Crippen molar-refractivity contribution in [2.45, 2.75) is 37.1 Å². The number of benzene rings is 1. The number of rotatable bonds is 2. The molecule has 1 spiro atoms. The summed E-state index contributed by atoms with van der Waals surface area (Å²) in [5.41, 5.74) is 6.63. The molecule has 3 aliphatic rings. The summed E-state index contributed by atoms with van der Waals surface area (Å²) in [6.45, 7) is 0. The van der Waals surface area contributed by atoms with Crippen LogP contribution in [-0.4, -0.2) is 27.4 Å². The fraction of sp³-hybridized carbons (Fsp3) is 0.304. The first-order valence-corrected chi connectivity index (χ1v) is 9.75. The largest absolute Gasteiger partial charge is 0.331 e. The maximum atomic E-state index is 13.0. The van der Waals surface area contributed by atoms with Crippen LogP contribution in [0.2, 0.25) is 0 Å². The molecule has 3 aromatic rings. The van der Waals surface area contributed by atoms with Gasteiger partial charge in [0, 0.05) is 36.5 Å². The first-order chi connectivity index (χ1) is 13.2. The third-order valence-electron chi connectivity index (χ3n) is 6.51. The van der Waals surface area contributed by atoms with Crippen LogP contribution in [0.1, 0.15) is 53.3 Å². The second kappa shape index (κ2) is 5.10.